The lowest BCUT2D eigenvalue weighted by Crippen LogP contribution is -2.11. The van der Waals surface area contributed by atoms with E-state index in [2.05, 4.69) is 9.97 Å². The Labute approximate surface area is 119 Å². The Morgan fingerprint density at radius 3 is 2.74 bits per heavy atom. The molecule has 0 N–H and O–H groups in total. The van der Waals surface area contributed by atoms with E-state index in [-0.39, 0.29) is 22.7 Å². The summed E-state index contributed by atoms with van der Waals surface area (Å²) in [7, 11) is 0. The second-order valence-electron chi connectivity index (χ2n) is 4.55. The lowest BCUT2D eigenvalue weighted by atomic mass is 9.96. The number of Topliss-reactive ketones (excluding diaryl/α,β-unsaturated/α-hetero) is 2. The van der Waals surface area contributed by atoms with Gasteiger partial charge in [-0.2, -0.15) is 0 Å². The summed E-state index contributed by atoms with van der Waals surface area (Å²) >= 11 is 4.48. The lowest BCUT2D eigenvalue weighted by Gasteiger charge is -2.10. The summed E-state index contributed by atoms with van der Waals surface area (Å²) in [6, 6.07) is 0. The molecular formula is C12H4N2O2S3. The van der Waals surface area contributed by atoms with Gasteiger partial charge in [0.25, 0.3) is 0 Å². The number of hydrogen-bond donors (Lipinski definition) is 0. The van der Waals surface area contributed by atoms with Gasteiger partial charge in [-0.05, 0) is 0 Å². The van der Waals surface area contributed by atoms with E-state index >= 15 is 0 Å². The van der Waals surface area contributed by atoms with Crippen molar-refractivity contribution in [3.05, 3.63) is 37.1 Å². The van der Waals surface area contributed by atoms with Crippen molar-refractivity contribution in [2.24, 2.45) is 5.92 Å². The molecule has 0 saturated carbocycles. The first-order valence-electron chi connectivity index (χ1n) is 5.64. The molecule has 5 rings (SSSR count). The van der Waals surface area contributed by atoms with Crippen LogP contribution in [0, 0.1) is 5.92 Å². The van der Waals surface area contributed by atoms with E-state index in [1.807, 2.05) is 0 Å². The maximum absolute atomic E-state index is 12.5. The van der Waals surface area contributed by atoms with Crippen molar-refractivity contribution >= 4 is 51.6 Å². The van der Waals surface area contributed by atoms with Crippen molar-refractivity contribution in [2.45, 2.75) is 5.25 Å². The monoisotopic (exact) mass is 304 g/mol. The third kappa shape index (κ3) is 1.05. The van der Waals surface area contributed by atoms with Gasteiger partial charge >= 0.3 is 0 Å². The van der Waals surface area contributed by atoms with Gasteiger partial charge in [0, 0.05) is 10.5 Å². The Morgan fingerprint density at radius 1 is 1.05 bits per heavy atom. The molecule has 0 bridgehead atoms. The summed E-state index contributed by atoms with van der Waals surface area (Å²) in [5.74, 6) is -0.169. The van der Waals surface area contributed by atoms with Crippen LogP contribution in [0.4, 0.5) is 0 Å². The van der Waals surface area contributed by atoms with Crippen LogP contribution in [-0.2, 0) is 0 Å². The second-order valence-corrected chi connectivity index (χ2v) is 7.44. The molecule has 19 heavy (non-hydrogen) atoms. The highest BCUT2D eigenvalue weighted by atomic mass is 32.2. The van der Waals surface area contributed by atoms with E-state index in [0.717, 1.165) is 20.2 Å². The molecule has 2 aromatic heterocycles. The van der Waals surface area contributed by atoms with E-state index in [1.165, 1.54) is 34.4 Å². The van der Waals surface area contributed by atoms with Gasteiger partial charge < -0.3 is 0 Å². The molecule has 7 heteroatoms. The minimum absolute atomic E-state index is 0.00971. The Morgan fingerprint density at radius 2 is 1.84 bits per heavy atom. The topological polar surface area (TPSA) is 59.9 Å². The minimum Gasteiger partial charge on any atom is -0.292 e. The molecule has 92 valence electrons. The molecule has 1 aliphatic heterocycles. The predicted molar refractivity (Wildman–Crippen MR) is 73.6 cm³/mol. The summed E-state index contributed by atoms with van der Waals surface area (Å²) in [6.07, 6.45) is 0. The number of aromatic nitrogens is 2. The molecule has 0 aromatic carbocycles. The van der Waals surface area contributed by atoms with Crippen LogP contribution in [0.5, 0.6) is 0 Å². The molecule has 2 atom stereocenters. The van der Waals surface area contributed by atoms with Crippen LogP contribution >= 0.6 is 34.4 Å². The number of thioether (sulfide) groups is 1. The SMILES string of the molecule is O=C1C2=C(c3scnc31)C1C(=O)c3ncsc3C1S2. The van der Waals surface area contributed by atoms with Crippen LogP contribution < -0.4 is 0 Å². The molecule has 0 spiro atoms. The van der Waals surface area contributed by atoms with E-state index in [9.17, 15) is 9.59 Å². The smallest absolute Gasteiger partial charge is 0.219 e. The molecule has 4 nitrogen and oxygen atoms in total. The average Bonchev–Trinajstić information content (AvgIpc) is 3.12. The van der Waals surface area contributed by atoms with Crippen molar-refractivity contribution in [1.29, 1.82) is 0 Å². The highest BCUT2D eigenvalue weighted by molar-refractivity contribution is 8.05. The summed E-state index contributed by atoms with van der Waals surface area (Å²) in [4.78, 5) is 35.7. The number of thiazole rings is 2. The Kier molecular flexibility index (Phi) is 1.78. The number of allylic oxidation sites excluding steroid dienone is 2. The second kappa shape index (κ2) is 3.23. The first-order chi connectivity index (χ1) is 9.27. The van der Waals surface area contributed by atoms with E-state index in [0.29, 0.717) is 11.4 Å². The van der Waals surface area contributed by atoms with Gasteiger partial charge in [0.2, 0.25) is 5.78 Å². The molecule has 0 fully saturated rings. The molecule has 2 aliphatic carbocycles. The maximum atomic E-state index is 12.5. The fourth-order valence-electron chi connectivity index (χ4n) is 2.94. The zero-order valence-corrected chi connectivity index (χ0v) is 11.7. The minimum atomic E-state index is -0.222. The van der Waals surface area contributed by atoms with Crippen LogP contribution in [-0.4, -0.2) is 21.5 Å². The lowest BCUT2D eigenvalue weighted by molar-refractivity contribution is 0.0960. The number of carbonyl (C=O) groups is 2. The zero-order valence-electron chi connectivity index (χ0n) is 9.25. The summed E-state index contributed by atoms with van der Waals surface area (Å²) in [5.41, 5.74) is 5.43. The van der Waals surface area contributed by atoms with Crippen molar-refractivity contribution < 1.29 is 9.59 Å². The summed E-state index contributed by atoms with van der Waals surface area (Å²) < 4.78 is 0. The van der Waals surface area contributed by atoms with Crippen LogP contribution in [0.25, 0.3) is 5.57 Å². The van der Waals surface area contributed by atoms with Gasteiger partial charge in [-0.15, -0.1) is 34.4 Å². The number of fused-ring (bicyclic) bond motifs is 6. The van der Waals surface area contributed by atoms with Gasteiger partial charge in [0.1, 0.15) is 11.4 Å². The Bertz CT molecular complexity index is 817. The molecule has 2 unspecified atom stereocenters. The fourth-order valence-corrected chi connectivity index (χ4v) is 6.43. The van der Waals surface area contributed by atoms with Crippen molar-refractivity contribution in [3.8, 4) is 0 Å². The molecular weight excluding hydrogens is 300 g/mol. The highest BCUT2D eigenvalue weighted by Gasteiger charge is 2.54. The third-order valence-electron chi connectivity index (χ3n) is 3.71. The predicted octanol–water partition coefficient (Wildman–Crippen LogP) is 2.81. The molecule has 2 aromatic rings. The van der Waals surface area contributed by atoms with Gasteiger partial charge in [-0.3, -0.25) is 9.59 Å². The first kappa shape index (κ1) is 10.5. The van der Waals surface area contributed by atoms with E-state index < -0.39 is 0 Å². The van der Waals surface area contributed by atoms with Gasteiger partial charge in [-0.1, -0.05) is 0 Å². The summed E-state index contributed by atoms with van der Waals surface area (Å²) in [5, 5.41) is 0.0548. The number of carbonyl (C=O) groups excluding carboxylic acids is 2. The van der Waals surface area contributed by atoms with Gasteiger partial charge in [-0.25, -0.2) is 9.97 Å². The van der Waals surface area contributed by atoms with Crippen LogP contribution in [0.1, 0.15) is 36.0 Å². The molecule has 3 heterocycles. The maximum Gasteiger partial charge on any atom is 0.219 e. The van der Waals surface area contributed by atoms with Gasteiger partial charge in [0.15, 0.2) is 5.78 Å². The van der Waals surface area contributed by atoms with Crippen molar-refractivity contribution in [3.63, 3.8) is 0 Å². The molecule has 0 saturated heterocycles. The largest absolute Gasteiger partial charge is 0.292 e. The number of rotatable bonds is 0. The third-order valence-corrected chi connectivity index (χ3v) is 7.03. The number of ketones is 2. The highest BCUT2D eigenvalue weighted by Crippen LogP contribution is 2.64. The number of nitrogens with zero attached hydrogens (tertiary/aromatic N) is 2. The standard InChI is InChI=1S/C12H4N2O2S3/c15-7-3-4-9-6(14-1-17-9)8(16)10(4)19-11(3)12-5(7)13-2-18-12/h1-3,11H. The number of hydrogen-bond acceptors (Lipinski definition) is 7. The fraction of sp³-hybridized carbons (Fsp3) is 0.167. The summed E-state index contributed by atoms with van der Waals surface area (Å²) in [6.45, 7) is 0. The normalized spacial score (nSPS) is 26.7. The zero-order chi connectivity index (χ0) is 12.7. The van der Waals surface area contributed by atoms with Crippen LogP contribution in [0.2, 0.25) is 0 Å². The Balaban J connectivity index is 1.75. The molecule has 0 amide bonds. The average molecular weight is 304 g/mol. The van der Waals surface area contributed by atoms with E-state index in [4.69, 9.17) is 0 Å². The molecule has 0 radical (unpaired) electrons. The first-order valence-corrected chi connectivity index (χ1v) is 8.28. The van der Waals surface area contributed by atoms with Crippen molar-refractivity contribution in [1.82, 2.24) is 9.97 Å². The quantitative estimate of drug-likeness (QED) is 0.749. The van der Waals surface area contributed by atoms with Crippen molar-refractivity contribution in [2.75, 3.05) is 0 Å². The van der Waals surface area contributed by atoms with Gasteiger partial charge in [0.05, 0.1) is 32.0 Å². The molecule has 3 aliphatic rings. The Hall–Kier alpha value is -1.31. The van der Waals surface area contributed by atoms with Crippen LogP contribution in [0.3, 0.4) is 0 Å². The van der Waals surface area contributed by atoms with E-state index in [1.54, 1.807) is 11.0 Å². The van der Waals surface area contributed by atoms with Crippen LogP contribution in [0.15, 0.2) is 15.9 Å².